The molecule has 1 saturated heterocycles. The van der Waals surface area contributed by atoms with Crippen molar-refractivity contribution in [3.05, 3.63) is 40.8 Å². The number of aryl methyl sites for hydroxylation is 2. The maximum Gasteiger partial charge on any atom is 0.410 e. The molecule has 35 heavy (non-hydrogen) atoms. The SMILES string of the molecule is Cc1nc(N)nc(N[C@@H](C)c2nc3ccn(C)c3cc2[C@H]2CCN(C(=O)OC(C)(C)C)C2)c1C#N. The molecule has 4 rings (SSSR count). The van der Waals surface area contributed by atoms with E-state index in [-0.39, 0.29) is 24.0 Å². The largest absolute Gasteiger partial charge is 0.444 e. The number of pyridine rings is 1. The molecule has 10 heteroatoms. The molecule has 3 aromatic rings. The molecule has 1 fully saturated rings. The minimum absolute atomic E-state index is 0.0983. The Morgan fingerprint density at radius 3 is 2.77 bits per heavy atom. The summed E-state index contributed by atoms with van der Waals surface area (Å²) in [5.74, 6) is 0.584. The first-order chi connectivity index (χ1) is 16.5. The zero-order valence-electron chi connectivity index (χ0n) is 21.1. The van der Waals surface area contributed by atoms with Gasteiger partial charge in [-0.25, -0.2) is 14.8 Å². The summed E-state index contributed by atoms with van der Waals surface area (Å²) in [5, 5.41) is 13.0. The molecule has 184 valence electrons. The van der Waals surface area contributed by atoms with E-state index in [0.717, 1.165) is 28.7 Å². The van der Waals surface area contributed by atoms with Crippen LogP contribution in [0.4, 0.5) is 16.6 Å². The van der Waals surface area contributed by atoms with Crippen LogP contribution in [-0.2, 0) is 11.8 Å². The van der Waals surface area contributed by atoms with Gasteiger partial charge in [-0.05, 0) is 58.7 Å². The molecule has 0 spiro atoms. The van der Waals surface area contributed by atoms with Gasteiger partial charge in [0.1, 0.15) is 23.1 Å². The number of rotatable bonds is 4. The van der Waals surface area contributed by atoms with Crippen molar-refractivity contribution in [2.75, 3.05) is 24.1 Å². The fraction of sp³-hybridized carbons (Fsp3) is 0.480. The van der Waals surface area contributed by atoms with Crippen LogP contribution in [-0.4, -0.2) is 49.2 Å². The van der Waals surface area contributed by atoms with Gasteiger partial charge < -0.3 is 25.3 Å². The molecule has 10 nitrogen and oxygen atoms in total. The van der Waals surface area contributed by atoms with Gasteiger partial charge in [0.25, 0.3) is 0 Å². The molecule has 1 amide bonds. The fourth-order valence-electron chi connectivity index (χ4n) is 4.50. The van der Waals surface area contributed by atoms with Crippen LogP contribution >= 0.6 is 0 Å². The Morgan fingerprint density at radius 2 is 2.09 bits per heavy atom. The van der Waals surface area contributed by atoms with Crippen LogP contribution in [0, 0.1) is 18.3 Å². The van der Waals surface area contributed by atoms with E-state index in [2.05, 4.69) is 27.4 Å². The number of nitriles is 1. The van der Waals surface area contributed by atoms with Gasteiger partial charge in [-0.15, -0.1) is 0 Å². The molecular formula is C25H32N8O2. The number of hydrogen-bond donors (Lipinski definition) is 2. The van der Waals surface area contributed by atoms with Gasteiger partial charge in [-0.2, -0.15) is 10.2 Å². The van der Waals surface area contributed by atoms with Crippen LogP contribution < -0.4 is 11.1 Å². The maximum atomic E-state index is 12.7. The summed E-state index contributed by atoms with van der Waals surface area (Å²) in [6.45, 7) is 10.5. The van der Waals surface area contributed by atoms with Crippen LogP contribution in [0.25, 0.3) is 11.0 Å². The molecule has 0 aliphatic carbocycles. The third-order valence-corrected chi connectivity index (χ3v) is 6.19. The van der Waals surface area contributed by atoms with E-state index < -0.39 is 5.60 Å². The van der Waals surface area contributed by atoms with E-state index in [0.29, 0.717) is 30.2 Å². The first kappa shape index (κ1) is 24.3. The van der Waals surface area contributed by atoms with Crippen molar-refractivity contribution in [2.24, 2.45) is 7.05 Å². The minimum atomic E-state index is -0.543. The van der Waals surface area contributed by atoms with E-state index in [9.17, 15) is 10.1 Å². The van der Waals surface area contributed by atoms with Crippen molar-refractivity contribution < 1.29 is 9.53 Å². The predicted octanol–water partition coefficient (Wildman–Crippen LogP) is 4.02. The summed E-state index contributed by atoms with van der Waals surface area (Å²) in [6.07, 6.45) is 2.48. The predicted molar refractivity (Wildman–Crippen MR) is 134 cm³/mol. The Bertz CT molecular complexity index is 1320. The van der Waals surface area contributed by atoms with Crippen LogP contribution in [0.15, 0.2) is 18.3 Å². The highest BCUT2D eigenvalue weighted by Crippen LogP contribution is 2.35. The molecule has 0 unspecified atom stereocenters. The number of nitrogens with two attached hydrogens (primary N) is 1. The van der Waals surface area contributed by atoms with Gasteiger partial charge in [-0.3, -0.25) is 0 Å². The Morgan fingerprint density at radius 1 is 1.34 bits per heavy atom. The molecular weight excluding hydrogens is 444 g/mol. The molecule has 0 saturated carbocycles. The summed E-state index contributed by atoms with van der Waals surface area (Å²) in [4.78, 5) is 27.8. The highest BCUT2D eigenvalue weighted by atomic mass is 16.6. The lowest BCUT2D eigenvalue weighted by Crippen LogP contribution is -2.35. The van der Waals surface area contributed by atoms with Crippen LogP contribution in [0.2, 0.25) is 0 Å². The Balaban J connectivity index is 1.69. The lowest BCUT2D eigenvalue weighted by atomic mass is 9.93. The van der Waals surface area contributed by atoms with Crippen molar-refractivity contribution >= 4 is 28.9 Å². The molecule has 0 aromatic carbocycles. The topological polar surface area (TPSA) is 135 Å². The number of anilines is 2. The van der Waals surface area contributed by atoms with E-state index >= 15 is 0 Å². The van der Waals surface area contributed by atoms with Crippen molar-refractivity contribution in [3.8, 4) is 6.07 Å². The van der Waals surface area contributed by atoms with Gasteiger partial charge >= 0.3 is 6.09 Å². The zero-order valence-corrected chi connectivity index (χ0v) is 21.1. The fourth-order valence-corrected chi connectivity index (χ4v) is 4.50. The van der Waals surface area contributed by atoms with Crippen LogP contribution in [0.1, 0.15) is 68.6 Å². The van der Waals surface area contributed by atoms with Gasteiger partial charge in [-0.1, -0.05) is 0 Å². The van der Waals surface area contributed by atoms with E-state index in [1.165, 1.54) is 0 Å². The number of amides is 1. The van der Waals surface area contributed by atoms with E-state index in [1.54, 1.807) is 11.8 Å². The normalized spacial score (nSPS) is 16.8. The molecule has 4 heterocycles. The lowest BCUT2D eigenvalue weighted by molar-refractivity contribution is 0.0292. The van der Waals surface area contributed by atoms with Gasteiger partial charge in [0.05, 0.1) is 28.5 Å². The highest BCUT2D eigenvalue weighted by Gasteiger charge is 2.33. The summed E-state index contributed by atoms with van der Waals surface area (Å²) in [5.41, 5.74) is 9.98. The molecule has 3 aromatic heterocycles. The van der Waals surface area contributed by atoms with Gasteiger partial charge in [0, 0.05) is 32.3 Å². The monoisotopic (exact) mass is 476 g/mol. The number of nitrogens with one attached hydrogen (secondary N) is 1. The average molecular weight is 477 g/mol. The second-order valence-electron chi connectivity index (χ2n) is 10.1. The molecule has 0 radical (unpaired) electrons. The number of hydrogen-bond acceptors (Lipinski definition) is 8. The highest BCUT2D eigenvalue weighted by molar-refractivity contribution is 5.77. The number of likely N-dealkylation sites (tertiary alicyclic amines) is 1. The molecule has 1 aliphatic heterocycles. The smallest absolute Gasteiger partial charge is 0.410 e. The standard InChI is InChI=1S/C25H32N8O2/c1-14-18(12-26)22(31-23(27)29-14)28-15(2)21-17(11-20-19(30-21)8-9-32(20)6)16-7-10-33(13-16)24(34)35-25(3,4)5/h8-9,11,15-16H,7,10,13H2,1-6H3,(H3,27,28,29,31)/t15-,16-/m0/s1. The van der Waals surface area contributed by atoms with E-state index in [4.69, 9.17) is 15.5 Å². The van der Waals surface area contributed by atoms with Crippen molar-refractivity contribution in [1.29, 1.82) is 5.26 Å². The van der Waals surface area contributed by atoms with Crippen molar-refractivity contribution in [3.63, 3.8) is 0 Å². The molecule has 0 bridgehead atoms. The molecule has 2 atom stereocenters. The average Bonchev–Trinajstić information content (AvgIpc) is 3.39. The first-order valence-electron chi connectivity index (χ1n) is 11.7. The number of aromatic nitrogens is 4. The van der Waals surface area contributed by atoms with Crippen LogP contribution in [0.3, 0.4) is 0 Å². The van der Waals surface area contributed by atoms with Crippen LogP contribution in [0.5, 0.6) is 0 Å². The van der Waals surface area contributed by atoms with Gasteiger partial charge in [0.2, 0.25) is 5.95 Å². The number of ether oxygens (including phenoxy) is 1. The van der Waals surface area contributed by atoms with Crippen molar-refractivity contribution in [2.45, 2.75) is 58.6 Å². The maximum absolute atomic E-state index is 12.7. The van der Waals surface area contributed by atoms with Crippen molar-refractivity contribution in [1.82, 2.24) is 24.4 Å². The second kappa shape index (κ2) is 9.06. The summed E-state index contributed by atoms with van der Waals surface area (Å²) in [7, 11) is 1.99. The number of fused-ring (bicyclic) bond motifs is 1. The second-order valence-corrected chi connectivity index (χ2v) is 10.1. The number of nitrogen functional groups attached to an aromatic ring is 1. The number of nitrogens with zero attached hydrogens (tertiary/aromatic N) is 6. The first-order valence-corrected chi connectivity index (χ1v) is 11.7. The Hall–Kier alpha value is -3.87. The zero-order chi connectivity index (χ0) is 25.5. The Kier molecular flexibility index (Phi) is 6.28. The molecule has 3 N–H and O–H groups in total. The Labute approximate surface area is 205 Å². The summed E-state index contributed by atoms with van der Waals surface area (Å²) in [6, 6.07) is 6.02. The lowest BCUT2D eigenvalue weighted by Gasteiger charge is -2.25. The third-order valence-electron chi connectivity index (χ3n) is 6.19. The number of carbonyl (C=O) groups is 1. The number of carbonyl (C=O) groups excluding carboxylic acids is 1. The summed E-state index contributed by atoms with van der Waals surface area (Å²) < 4.78 is 7.62. The quantitative estimate of drug-likeness (QED) is 0.576. The summed E-state index contributed by atoms with van der Waals surface area (Å²) >= 11 is 0. The third kappa shape index (κ3) is 4.99. The van der Waals surface area contributed by atoms with E-state index in [1.807, 2.05) is 51.6 Å². The van der Waals surface area contributed by atoms with Gasteiger partial charge in [0.15, 0.2) is 0 Å². The molecule has 1 aliphatic rings. The minimum Gasteiger partial charge on any atom is -0.444 e.